The number of amides is 2. The van der Waals surface area contributed by atoms with Crippen LogP contribution in [0.15, 0.2) is 60.1 Å². The van der Waals surface area contributed by atoms with Crippen LogP contribution in [0.2, 0.25) is 0 Å². The van der Waals surface area contributed by atoms with Gasteiger partial charge in [0.25, 0.3) is 5.91 Å². The third kappa shape index (κ3) is 4.85. The lowest BCUT2D eigenvalue weighted by Crippen LogP contribution is -2.53. The summed E-state index contributed by atoms with van der Waals surface area (Å²) >= 11 is 0. The van der Waals surface area contributed by atoms with Crippen LogP contribution < -0.4 is 11.1 Å². The number of aliphatic imine (C=N–C) groups is 1. The Bertz CT molecular complexity index is 1090. The first-order valence-electron chi connectivity index (χ1n) is 11.6. The Morgan fingerprint density at radius 2 is 2.03 bits per heavy atom. The fourth-order valence-corrected chi connectivity index (χ4v) is 4.67. The fraction of sp³-hybridized carbons (Fsp3) is 0.370. The third-order valence-electron chi connectivity index (χ3n) is 6.94. The molecular formula is C27H32N4O2. The quantitative estimate of drug-likeness (QED) is 0.662. The molecule has 0 aromatic heterocycles. The highest BCUT2D eigenvalue weighted by Gasteiger charge is 2.44. The molecule has 2 atom stereocenters. The van der Waals surface area contributed by atoms with Crippen LogP contribution in [0.4, 0.5) is 0 Å². The summed E-state index contributed by atoms with van der Waals surface area (Å²) in [5.41, 5.74) is 9.03. The summed E-state index contributed by atoms with van der Waals surface area (Å²) in [4.78, 5) is 32.3. The van der Waals surface area contributed by atoms with Crippen LogP contribution in [0.25, 0.3) is 6.08 Å². The van der Waals surface area contributed by atoms with Crippen molar-refractivity contribution in [1.82, 2.24) is 10.2 Å². The van der Waals surface area contributed by atoms with E-state index in [-0.39, 0.29) is 30.4 Å². The minimum absolute atomic E-state index is 0.0235. The number of rotatable bonds is 7. The Labute approximate surface area is 195 Å². The molecule has 1 saturated carbocycles. The highest BCUT2D eigenvalue weighted by molar-refractivity contribution is 5.99. The number of carbonyl (C=O) groups excluding carboxylic acids is 2. The molecule has 1 heterocycles. The van der Waals surface area contributed by atoms with Gasteiger partial charge < -0.3 is 11.1 Å². The average Bonchev–Trinajstić information content (AvgIpc) is 2.75. The van der Waals surface area contributed by atoms with Crippen LogP contribution in [0.3, 0.4) is 0 Å². The molecule has 172 valence electrons. The molecular weight excluding hydrogens is 412 g/mol. The van der Waals surface area contributed by atoms with Crippen molar-refractivity contribution in [1.29, 1.82) is 0 Å². The highest BCUT2D eigenvalue weighted by atomic mass is 16.2. The average molecular weight is 445 g/mol. The maximum atomic E-state index is 13.0. The van der Waals surface area contributed by atoms with Crippen LogP contribution in [0, 0.1) is 5.92 Å². The minimum Gasteiger partial charge on any atom is -0.369 e. The molecule has 3 N–H and O–H groups in total. The van der Waals surface area contributed by atoms with Gasteiger partial charge in [-0.1, -0.05) is 49.4 Å². The Morgan fingerprint density at radius 3 is 2.64 bits per heavy atom. The Kier molecular flexibility index (Phi) is 6.36. The molecule has 0 radical (unpaired) electrons. The van der Waals surface area contributed by atoms with Gasteiger partial charge in [-0.2, -0.15) is 0 Å². The molecule has 2 amide bonds. The number of benzene rings is 2. The summed E-state index contributed by atoms with van der Waals surface area (Å²) in [6.45, 7) is 8.11. The van der Waals surface area contributed by atoms with Gasteiger partial charge in [0.15, 0.2) is 5.96 Å². The molecule has 1 aliphatic carbocycles. The Balaban J connectivity index is 1.53. The summed E-state index contributed by atoms with van der Waals surface area (Å²) < 4.78 is 0. The second-order valence-electron chi connectivity index (χ2n) is 9.38. The van der Waals surface area contributed by atoms with Gasteiger partial charge in [-0.15, -0.1) is 0 Å². The van der Waals surface area contributed by atoms with Crippen LogP contribution in [-0.2, 0) is 11.3 Å². The van der Waals surface area contributed by atoms with Crippen molar-refractivity contribution in [2.75, 3.05) is 0 Å². The first-order chi connectivity index (χ1) is 15.8. The SMILES string of the molecule is C=Cc1cc(CN2C(=O)C[C@@](C)(C3CCC3)N=C2N)cc(C(=O)N[C@@H](C)c2ccccc2)c1. The van der Waals surface area contributed by atoms with E-state index >= 15 is 0 Å². The molecule has 2 aromatic carbocycles. The molecule has 4 rings (SSSR count). The van der Waals surface area contributed by atoms with Gasteiger partial charge in [-0.05, 0) is 67.5 Å². The normalized spacial score (nSPS) is 21.7. The summed E-state index contributed by atoms with van der Waals surface area (Å²) in [6.07, 6.45) is 5.45. The molecule has 0 saturated heterocycles. The fourth-order valence-electron chi connectivity index (χ4n) is 4.67. The Hall–Kier alpha value is -3.41. The van der Waals surface area contributed by atoms with Crippen molar-refractivity contribution in [2.24, 2.45) is 16.6 Å². The zero-order valence-corrected chi connectivity index (χ0v) is 19.4. The summed E-state index contributed by atoms with van der Waals surface area (Å²) in [7, 11) is 0. The Morgan fingerprint density at radius 1 is 1.30 bits per heavy atom. The number of hydrogen-bond acceptors (Lipinski definition) is 4. The zero-order chi connectivity index (χ0) is 23.6. The number of nitrogens with two attached hydrogens (primary N) is 1. The first kappa shape index (κ1) is 22.8. The van der Waals surface area contributed by atoms with Crippen molar-refractivity contribution in [2.45, 2.75) is 57.7 Å². The molecule has 2 aliphatic rings. The van der Waals surface area contributed by atoms with E-state index < -0.39 is 5.54 Å². The smallest absolute Gasteiger partial charge is 0.251 e. The van der Waals surface area contributed by atoms with E-state index in [0.29, 0.717) is 17.9 Å². The van der Waals surface area contributed by atoms with Gasteiger partial charge in [-0.3, -0.25) is 14.5 Å². The van der Waals surface area contributed by atoms with Gasteiger partial charge in [0, 0.05) is 5.56 Å². The molecule has 6 heteroatoms. The second kappa shape index (κ2) is 9.22. The van der Waals surface area contributed by atoms with Crippen molar-refractivity contribution in [3.8, 4) is 0 Å². The molecule has 1 fully saturated rings. The van der Waals surface area contributed by atoms with Gasteiger partial charge in [0.05, 0.1) is 24.5 Å². The lowest BCUT2D eigenvalue weighted by atomic mass is 9.70. The molecule has 2 aromatic rings. The van der Waals surface area contributed by atoms with Crippen LogP contribution in [-0.4, -0.2) is 28.2 Å². The maximum Gasteiger partial charge on any atom is 0.251 e. The van der Waals surface area contributed by atoms with Gasteiger partial charge in [-0.25, -0.2) is 4.99 Å². The van der Waals surface area contributed by atoms with Gasteiger partial charge >= 0.3 is 0 Å². The van der Waals surface area contributed by atoms with E-state index in [2.05, 4.69) is 11.9 Å². The maximum absolute atomic E-state index is 13.0. The highest BCUT2D eigenvalue weighted by Crippen LogP contribution is 2.42. The molecule has 6 nitrogen and oxygen atoms in total. The number of guanidine groups is 1. The number of hydrogen-bond donors (Lipinski definition) is 2. The predicted octanol–water partition coefficient (Wildman–Crippen LogP) is 4.43. The summed E-state index contributed by atoms with van der Waals surface area (Å²) in [5.74, 6) is 0.478. The van der Waals surface area contributed by atoms with Crippen molar-refractivity contribution >= 4 is 23.8 Å². The molecule has 0 bridgehead atoms. The first-order valence-corrected chi connectivity index (χ1v) is 11.6. The molecule has 33 heavy (non-hydrogen) atoms. The van der Waals surface area contributed by atoms with Gasteiger partial charge in [0.1, 0.15) is 0 Å². The van der Waals surface area contributed by atoms with E-state index in [9.17, 15) is 9.59 Å². The minimum atomic E-state index is -0.405. The number of nitrogens with zero attached hydrogens (tertiary/aromatic N) is 2. The van der Waals surface area contributed by atoms with Crippen LogP contribution in [0.5, 0.6) is 0 Å². The zero-order valence-electron chi connectivity index (χ0n) is 19.4. The van der Waals surface area contributed by atoms with Crippen LogP contribution >= 0.6 is 0 Å². The number of carbonyl (C=O) groups is 2. The van der Waals surface area contributed by atoms with Crippen molar-refractivity contribution in [3.63, 3.8) is 0 Å². The molecule has 0 spiro atoms. The standard InChI is InChI=1S/C27H32N4O2/c1-4-19-13-20(15-22(14-19)25(33)29-18(2)21-9-6-5-7-10-21)17-31-24(32)16-27(3,30-26(31)28)23-11-8-12-23/h4-7,9-10,13-15,18,23H,1,8,11-12,16-17H2,2-3H3,(H2,28,30)(H,29,33)/t18-,27-/m0/s1. The third-order valence-corrected chi connectivity index (χ3v) is 6.94. The second-order valence-corrected chi connectivity index (χ2v) is 9.38. The monoisotopic (exact) mass is 444 g/mol. The van der Waals surface area contributed by atoms with E-state index in [0.717, 1.165) is 29.5 Å². The van der Waals surface area contributed by atoms with Gasteiger partial charge in [0.2, 0.25) is 5.91 Å². The largest absolute Gasteiger partial charge is 0.369 e. The molecule has 0 unspecified atom stereocenters. The lowest BCUT2D eigenvalue weighted by Gasteiger charge is -2.43. The lowest BCUT2D eigenvalue weighted by molar-refractivity contribution is -0.130. The van der Waals surface area contributed by atoms with E-state index in [1.165, 1.54) is 11.3 Å². The van der Waals surface area contributed by atoms with E-state index in [1.54, 1.807) is 18.2 Å². The number of nitrogens with one attached hydrogen (secondary N) is 1. The topological polar surface area (TPSA) is 87.8 Å². The van der Waals surface area contributed by atoms with E-state index in [4.69, 9.17) is 10.7 Å². The van der Waals surface area contributed by atoms with Crippen molar-refractivity contribution < 1.29 is 9.59 Å². The predicted molar refractivity (Wildman–Crippen MR) is 131 cm³/mol. The van der Waals surface area contributed by atoms with Crippen LogP contribution in [0.1, 0.15) is 72.6 Å². The van der Waals surface area contributed by atoms with Crippen molar-refractivity contribution in [3.05, 3.63) is 77.4 Å². The summed E-state index contributed by atoms with van der Waals surface area (Å²) in [6, 6.07) is 15.2. The molecule has 1 aliphatic heterocycles. The van der Waals surface area contributed by atoms with E-state index in [1.807, 2.05) is 50.2 Å². The summed E-state index contributed by atoms with van der Waals surface area (Å²) in [5, 5.41) is 3.05.